The van der Waals surface area contributed by atoms with Crippen molar-refractivity contribution in [1.82, 2.24) is 0 Å². The Hall–Kier alpha value is -1.24. The zero-order valence-corrected chi connectivity index (χ0v) is 13.5. The van der Waals surface area contributed by atoms with Crippen LogP contribution in [-0.4, -0.2) is 5.11 Å². The lowest BCUT2D eigenvalue weighted by Crippen LogP contribution is -2.17. The van der Waals surface area contributed by atoms with Gasteiger partial charge < -0.3 is 5.11 Å². The van der Waals surface area contributed by atoms with Crippen molar-refractivity contribution in [3.8, 4) is 5.75 Å². The predicted molar refractivity (Wildman–Crippen MR) is 84.8 cm³/mol. The highest BCUT2D eigenvalue weighted by Crippen LogP contribution is 2.39. The van der Waals surface area contributed by atoms with E-state index in [1.54, 1.807) is 0 Å². The average Bonchev–Trinajstić information content (AvgIpc) is 2.24. The molecule has 1 nitrogen and oxygen atoms in total. The maximum atomic E-state index is 10.6. The van der Waals surface area contributed by atoms with Crippen LogP contribution in [0.15, 0.2) is 18.2 Å². The molecule has 0 aromatic heterocycles. The molecule has 0 saturated heterocycles. The van der Waals surface area contributed by atoms with Gasteiger partial charge in [-0.05, 0) is 34.9 Å². The molecule has 1 rings (SSSR count). The third-order valence-corrected chi connectivity index (χ3v) is 3.29. The summed E-state index contributed by atoms with van der Waals surface area (Å²) in [5, 5.41) is 10.6. The fraction of sp³-hybridized carbons (Fsp3) is 0.556. The van der Waals surface area contributed by atoms with Gasteiger partial charge in [0.15, 0.2) is 0 Å². The normalized spacial score (nSPS) is 13.2. The molecule has 0 fully saturated rings. The van der Waals surface area contributed by atoms with Gasteiger partial charge in [-0.15, -0.1) is 0 Å². The first kappa shape index (κ1) is 15.8. The van der Waals surface area contributed by atoms with Gasteiger partial charge in [-0.1, -0.05) is 60.6 Å². The summed E-state index contributed by atoms with van der Waals surface area (Å²) in [6.45, 7) is 15.0. The van der Waals surface area contributed by atoms with Crippen molar-refractivity contribution in [1.29, 1.82) is 0 Å². The second-order valence-electron chi connectivity index (χ2n) is 7.28. The Kier molecular flexibility index (Phi) is 4.50. The summed E-state index contributed by atoms with van der Waals surface area (Å²) in [5.41, 5.74) is 3.11. The van der Waals surface area contributed by atoms with Crippen LogP contribution in [0, 0.1) is 0 Å². The second kappa shape index (κ2) is 5.40. The van der Waals surface area contributed by atoms with Gasteiger partial charge in [0.25, 0.3) is 0 Å². The Labute approximate surface area is 118 Å². The Morgan fingerprint density at radius 1 is 0.947 bits per heavy atom. The molecular formula is C18H28O. The molecule has 1 aromatic rings. The number of aromatic hydroxyl groups is 1. The van der Waals surface area contributed by atoms with Crippen LogP contribution >= 0.6 is 0 Å². The molecule has 0 spiro atoms. The lowest BCUT2D eigenvalue weighted by atomic mass is 9.78. The number of allylic oxidation sites excluding steroid dienone is 1. The highest BCUT2D eigenvalue weighted by atomic mass is 16.3. The van der Waals surface area contributed by atoms with Crippen molar-refractivity contribution >= 4 is 6.08 Å². The van der Waals surface area contributed by atoms with E-state index in [2.05, 4.69) is 72.8 Å². The number of phenolic OH excluding ortho intramolecular Hbond substituents is 1. The van der Waals surface area contributed by atoms with Crippen LogP contribution in [-0.2, 0) is 10.8 Å². The molecular weight excluding hydrogens is 232 g/mol. The van der Waals surface area contributed by atoms with Gasteiger partial charge in [0, 0.05) is 11.1 Å². The lowest BCUT2D eigenvalue weighted by molar-refractivity contribution is 0.423. The van der Waals surface area contributed by atoms with Crippen molar-refractivity contribution < 1.29 is 5.11 Å². The van der Waals surface area contributed by atoms with Gasteiger partial charge in [-0.3, -0.25) is 0 Å². The third-order valence-electron chi connectivity index (χ3n) is 3.29. The van der Waals surface area contributed by atoms with E-state index in [4.69, 9.17) is 0 Å². The number of rotatable bonds is 2. The molecule has 0 radical (unpaired) electrons. The molecule has 1 heteroatoms. The van der Waals surface area contributed by atoms with Crippen molar-refractivity contribution in [2.24, 2.45) is 0 Å². The number of hydrogen-bond acceptors (Lipinski definition) is 1. The summed E-state index contributed by atoms with van der Waals surface area (Å²) in [7, 11) is 0. The van der Waals surface area contributed by atoms with Crippen LogP contribution < -0.4 is 0 Å². The molecule has 0 unspecified atom stereocenters. The van der Waals surface area contributed by atoms with E-state index in [1.165, 1.54) is 5.56 Å². The van der Waals surface area contributed by atoms with Gasteiger partial charge in [0.2, 0.25) is 0 Å². The van der Waals surface area contributed by atoms with E-state index in [-0.39, 0.29) is 10.8 Å². The topological polar surface area (TPSA) is 20.2 Å². The van der Waals surface area contributed by atoms with Crippen LogP contribution in [0.5, 0.6) is 5.75 Å². The van der Waals surface area contributed by atoms with Crippen molar-refractivity contribution in [3.05, 3.63) is 34.9 Å². The maximum absolute atomic E-state index is 10.6. The van der Waals surface area contributed by atoms with Gasteiger partial charge in [0.05, 0.1) is 0 Å². The number of phenols is 1. The first-order valence-corrected chi connectivity index (χ1v) is 7.12. The highest BCUT2D eigenvalue weighted by Gasteiger charge is 2.25. The Morgan fingerprint density at radius 2 is 1.37 bits per heavy atom. The molecule has 1 N–H and O–H groups in total. The largest absolute Gasteiger partial charge is 0.507 e. The smallest absolute Gasteiger partial charge is 0.123 e. The van der Waals surface area contributed by atoms with E-state index in [0.29, 0.717) is 5.75 Å². The summed E-state index contributed by atoms with van der Waals surface area (Å²) < 4.78 is 0. The predicted octanol–water partition coefficient (Wildman–Crippen LogP) is 5.41. The molecule has 0 aliphatic rings. The summed E-state index contributed by atoms with van der Waals surface area (Å²) in [4.78, 5) is 0. The van der Waals surface area contributed by atoms with Crippen molar-refractivity contribution in [3.63, 3.8) is 0 Å². The van der Waals surface area contributed by atoms with Crippen molar-refractivity contribution in [2.45, 2.75) is 65.7 Å². The van der Waals surface area contributed by atoms with Crippen LogP contribution in [0.1, 0.15) is 71.6 Å². The monoisotopic (exact) mass is 260 g/mol. The summed E-state index contributed by atoms with van der Waals surface area (Å²) >= 11 is 0. The standard InChI is InChI=1S/C18H28O/c1-8-9-10-13-11-14(17(2,3)4)16(19)15(12-13)18(5,6)7/h9-12,19H,8H2,1-7H3. The molecule has 106 valence electrons. The van der Waals surface area contributed by atoms with E-state index in [1.807, 2.05) is 0 Å². The van der Waals surface area contributed by atoms with E-state index < -0.39 is 0 Å². The van der Waals surface area contributed by atoms with Gasteiger partial charge in [-0.2, -0.15) is 0 Å². The maximum Gasteiger partial charge on any atom is 0.123 e. The SMILES string of the molecule is CCC=Cc1cc(C(C)(C)C)c(O)c(C(C)(C)C)c1. The summed E-state index contributed by atoms with van der Waals surface area (Å²) in [5.74, 6) is 0.452. The first-order valence-electron chi connectivity index (χ1n) is 7.12. The summed E-state index contributed by atoms with van der Waals surface area (Å²) in [6.07, 6.45) is 5.33. The van der Waals surface area contributed by atoms with E-state index in [9.17, 15) is 5.11 Å². The van der Waals surface area contributed by atoms with Crippen molar-refractivity contribution in [2.75, 3.05) is 0 Å². The molecule has 0 aliphatic heterocycles. The minimum atomic E-state index is -0.0554. The van der Waals surface area contributed by atoms with Gasteiger partial charge in [-0.25, -0.2) is 0 Å². The molecule has 0 saturated carbocycles. The average molecular weight is 260 g/mol. The van der Waals surface area contributed by atoms with Gasteiger partial charge in [0.1, 0.15) is 5.75 Å². The zero-order chi connectivity index (χ0) is 14.8. The molecule has 0 atom stereocenters. The Morgan fingerprint density at radius 3 is 1.68 bits per heavy atom. The molecule has 0 heterocycles. The minimum Gasteiger partial charge on any atom is -0.507 e. The number of benzene rings is 1. The molecule has 1 aromatic carbocycles. The van der Waals surface area contributed by atoms with Crippen LogP contribution in [0.3, 0.4) is 0 Å². The fourth-order valence-corrected chi connectivity index (χ4v) is 2.15. The fourth-order valence-electron chi connectivity index (χ4n) is 2.15. The Balaban J connectivity index is 3.52. The third kappa shape index (κ3) is 3.86. The second-order valence-corrected chi connectivity index (χ2v) is 7.28. The molecule has 0 bridgehead atoms. The number of hydrogen-bond donors (Lipinski definition) is 1. The van der Waals surface area contributed by atoms with Crippen LogP contribution in [0.25, 0.3) is 6.08 Å². The lowest BCUT2D eigenvalue weighted by Gasteiger charge is -2.27. The van der Waals surface area contributed by atoms with E-state index >= 15 is 0 Å². The first-order chi connectivity index (χ1) is 8.57. The summed E-state index contributed by atoms with van der Waals surface area (Å²) in [6, 6.07) is 4.22. The van der Waals surface area contributed by atoms with E-state index in [0.717, 1.165) is 17.5 Å². The molecule has 0 aliphatic carbocycles. The Bertz CT molecular complexity index is 432. The highest BCUT2D eigenvalue weighted by molar-refractivity contribution is 5.59. The van der Waals surface area contributed by atoms with Crippen LogP contribution in [0.2, 0.25) is 0 Å². The minimum absolute atomic E-state index is 0.0554. The van der Waals surface area contributed by atoms with Crippen LogP contribution in [0.4, 0.5) is 0 Å². The molecule has 0 amide bonds. The quantitative estimate of drug-likeness (QED) is 0.753. The molecule has 19 heavy (non-hydrogen) atoms. The van der Waals surface area contributed by atoms with Gasteiger partial charge >= 0.3 is 0 Å². The zero-order valence-electron chi connectivity index (χ0n) is 13.5.